The van der Waals surface area contributed by atoms with Crippen molar-refractivity contribution in [2.45, 2.75) is 6.92 Å². The minimum Gasteiger partial charge on any atom is -0.306 e. The number of nitrogens with one attached hydrogen (secondary N) is 1. The van der Waals surface area contributed by atoms with Crippen molar-refractivity contribution < 1.29 is 0 Å². The van der Waals surface area contributed by atoms with Gasteiger partial charge in [0.2, 0.25) is 0 Å². The molecular weight excluding hydrogens is 272 g/mol. The number of aromatic amines is 1. The molecule has 1 N–H and O–H groups in total. The SMILES string of the molecule is Cc1ccc2nc(-c3ccc4ccccc4c3)[nH]c(=O)c2c1. The molecule has 0 saturated heterocycles. The molecule has 0 bridgehead atoms. The van der Waals surface area contributed by atoms with Crippen molar-refractivity contribution in [3.8, 4) is 11.4 Å². The zero-order valence-corrected chi connectivity index (χ0v) is 12.1. The van der Waals surface area contributed by atoms with Gasteiger partial charge in [-0.2, -0.15) is 0 Å². The highest BCUT2D eigenvalue weighted by Gasteiger charge is 2.06. The van der Waals surface area contributed by atoms with Crippen LogP contribution in [0.25, 0.3) is 33.1 Å². The predicted octanol–water partition coefficient (Wildman–Crippen LogP) is 4.05. The second-order valence-corrected chi connectivity index (χ2v) is 5.50. The molecule has 0 spiro atoms. The van der Waals surface area contributed by atoms with Crippen LogP contribution in [0.1, 0.15) is 5.56 Å². The molecule has 0 fully saturated rings. The van der Waals surface area contributed by atoms with Crippen molar-refractivity contribution in [3.05, 3.63) is 76.6 Å². The number of aromatic nitrogens is 2. The summed E-state index contributed by atoms with van der Waals surface area (Å²) in [4.78, 5) is 19.8. The number of hydrogen-bond acceptors (Lipinski definition) is 2. The zero-order valence-electron chi connectivity index (χ0n) is 12.1. The first-order valence-corrected chi connectivity index (χ1v) is 7.20. The summed E-state index contributed by atoms with van der Waals surface area (Å²) in [6, 6.07) is 20.0. The van der Waals surface area contributed by atoms with Crippen LogP contribution in [0.2, 0.25) is 0 Å². The van der Waals surface area contributed by atoms with Crippen LogP contribution in [0.15, 0.2) is 65.5 Å². The van der Waals surface area contributed by atoms with E-state index >= 15 is 0 Å². The molecular formula is C19H14N2O. The summed E-state index contributed by atoms with van der Waals surface area (Å²) in [7, 11) is 0. The molecule has 0 aliphatic rings. The smallest absolute Gasteiger partial charge is 0.259 e. The first-order valence-electron chi connectivity index (χ1n) is 7.20. The Labute approximate surface area is 127 Å². The molecule has 4 rings (SSSR count). The fourth-order valence-corrected chi connectivity index (χ4v) is 2.73. The molecule has 22 heavy (non-hydrogen) atoms. The van der Waals surface area contributed by atoms with Gasteiger partial charge in [-0.05, 0) is 35.9 Å². The lowest BCUT2D eigenvalue weighted by atomic mass is 10.1. The Morgan fingerprint density at radius 3 is 2.59 bits per heavy atom. The Bertz CT molecular complexity index is 1060. The molecule has 0 saturated carbocycles. The summed E-state index contributed by atoms with van der Waals surface area (Å²) < 4.78 is 0. The molecule has 3 heteroatoms. The molecule has 0 radical (unpaired) electrons. The highest BCUT2D eigenvalue weighted by atomic mass is 16.1. The molecule has 4 aromatic rings. The fraction of sp³-hybridized carbons (Fsp3) is 0.0526. The van der Waals surface area contributed by atoms with Gasteiger partial charge in [0.1, 0.15) is 5.82 Å². The minimum atomic E-state index is -0.100. The maximum absolute atomic E-state index is 12.3. The summed E-state index contributed by atoms with van der Waals surface area (Å²) in [5, 5.41) is 2.93. The van der Waals surface area contributed by atoms with E-state index in [1.165, 1.54) is 5.39 Å². The van der Waals surface area contributed by atoms with E-state index in [1.807, 2.05) is 55.5 Å². The quantitative estimate of drug-likeness (QED) is 0.573. The van der Waals surface area contributed by atoms with E-state index in [1.54, 1.807) is 0 Å². The number of H-pyrrole nitrogens is 1. The number of hydrogen-bond donors (Lipinski definition) is 1. The molecule has 0 atom stereocenters. The van der Waals surface area contributed by atoms with Gasteiger partial charge in [0.15, 0.2) is 0 Å². The van der Waals surface area contributed by atoms with Gasteiger partial charge in [-0.1, -0.05) is 48.0 Å². The third-order valence-electron chi connectivity index (χ3n) is 3.88. The van der Waals surface area contributed by atoms with Gasteiger partial charge in [-0.15, -0.1) is 0 Å². The van der Waals surface area contributed by atoms with Crippen LogP contribution in [0.4, 0.5) is 0 Å². The average Bonchev–Trinajstić information content (AvgIpc) is 2.55. The van der Waals surface area contributed by atoms with E-state index in [9.17, 15) is 4.79 Å². The van der Waals surface area contributed by atoms with Crippen molar-refractivity contribution in [1.82, 2.24) is 9.97 Å². The molecule has 1 aromatic heterocycles. The van der Waals surface area contributed by atoms with Crippen molar-refractivity contribution >= 4 is 21.7 Å². The largest absolute Gasteiger partial charge is 0.306 e. The number of fused-ring (bicyclic) bond motifs is 2. The number of aryl methyl sites for hydroxylation is 1. The first kappa shape index (κ1) is 12.8. The average molecular weight is 286 g/mol. The molecule has 106 valence electrons. The van der Waals surface area contributed by atoms with Crippen LogP contribution in [0.3, 0.4) is 0 Å². The summed E-state index contributed by atoms with van der Waals surface area (Å²) in [5.74, 6) is 0.604. The Hall–Kier alpha value is -2.94. The second kappa shape index (κ2) is 4.81. The monoisotopic (exact) mass is 286 g/mol. The Balaban J connectivity index is 1.96. The Kier molecular flexibility index (Phi) is 2.79. The van der Waals surface area contributed by atoms with Crippen LogP contribution >= 0.6 is 0 Å². The second-order valence-electron chi connectivity index (χ2n) is 5.50. The van der Waals surface area contributed by atoms with Crippen LogP contribution < -0.4 is 5.56 Å². The Morgan fingerprint density at radius 2 is 1.73 bits per heavy atom. The van der Waals surface area contributed by atoms with Gasteiger partial charge < -0.3 is 4.98 Å². The van der Waals surface area contributed by atoms with E-state index < -0.39 is 0 Å². The number of benzene rings is 3. The van der Waals surface area contributed by atoms with Gasteiger partial charge in [-0.3, -0.25) is 4.79 Å². The standard InChI is InChI=1S/C19H14N2O/c1-12-6-9-17-16(10-12)19(22)21-18(20-17)15-8-7-13-4-2-3-5-14(13)11-15/h2-11H,1H3,(H,20,21,22). The lowest BCUT2D eigenvalue weighted by molar-refractivity contribution is 1.18. The first-order chi connectivity index (χ1) is 10.7. The number of nitrogens with zero attached hydrogens (tertiary/aromatic N) is 1. The normalized spacial score (nSPS) is 11.1. The summed E-state index contributed by atoms with van der Waals surface area (Å²) in [5.41, 5.74) is 2.59. The molecule has 1 heterocycles. The minimum absolute atomic E-state index is 0.100. The maximum atomic E-state index is 12.3. The van der Waals surface area contributed by atoms with Crippen molar-refractivity contribution in [1.29, 1.82) is 0 Å². The zero-order chi connectivity index (χ0) is 15.1. The molecule has 0 amide bonds. The molecule has 0 unspecified atom stereocenters. The molecule has 3 nitrogen and oxygen atoms in total. The van der Waals surface area contributed by atoms with Gasteiger partial charge in [0.05, 0.1) is 10.9 Å². The van der Waals surface area contributed by atoms with Gasteiger partial charge in [0.25, 0.3) is 5.56 Å². The molecule has 3 aromatic carbocycles. The third kappa shape index (κ3) is 2.07. The van der Waals surface area contributed by atoms with Crippen molar-refractivity contribution in [3.63, 3.8) is 0 Å². The summed E-state index contributed by atoms with van der Waals surface area (Å²) >= 11 is 0. The van der Waals surface area contributed by atoms with E-state index in [2.05, 4.69) is 22.1 Å². The summed E-state index contributed by atoms with van der Waals surface area (Å²) in [6.45, 7) is 1.97. The van der Waals surface area contributed by atoms with Crippen LogP contribution in [0, 0.1) is 6.92 Å². The summed E-state index contributed by atoms with van der Waals surface area (Å²) in [6.07, 6.45) is 0. The van der Waals surface area contributed by atoms with E-state index in [-0.39, 0.29) is 5.56 Å². The van der Waals surface area contributed by atoms with Crippen molar-refractivity contribution in [2.75, 3.05) is 0 Å². The van der Waals surface area contributed by atoms with Crippen LogP contribution in [-0.2, 0) is 0 Å². The topological polar surface area (TPSA) is 45.8 Å². The molecule has 0 aliphatic heterocycles. The highest BCUT2D eigenvalue weighted by molar-refractivity contribution is 5.87. The van der Waals surface area contributed by atoms with Crippen LogP contribution in [-0.4, -0.2) is 9.97 Å². The van der Waals surface area contributed by atoms with Crippen molar-refractivity contribution in [2.24, 2.45) is 0 Å². The fourth-order valence-electron chi connectivity index (χ4n) is 2.73. The maximum Gasteiger partial charge on any atom is 0.259 e. The third-order valence-corrected chi connectivity index (χ3v) is 3.88. The van der Waals surface area contributed by atoms with E-state index in [0.29, 0.717) is 11.2 Å². The van der Waals surface area contributed by atoms with Gasteiger partial charge in [-0.25, -0.2) is 4.98 Å². The highest BCUT2D eigenvalue weighted by Crippen LogP contribution is 2.22. The lowest BCUT2D eigenvalue weighted by Crippen LogP contribution is -2.09. The van der Waals surface area contributed by atoms with E-state index in [0.717, 1.165) is 22.0 Å². The van der Waals surface area contributed by atoms with Gasteiger partial charge in [0, 0.05) is 5.56 Å². The van der Waals surface area contributed by atoms with Gasteiger partial charge >= 0.3 is 0 Å². The van der Waals surface area contributed by atoms with E-state index in [4.69, 9.17) is 0 Å². The lowest BCUT2D eigenvalue weighted by Gasteiger charge is -2.05. The Morgan fingerprint density at radius 1 is 0.909 bits per heavy atom. The van der Waals surface area contributed by atoms with Crippen LogP contribution in [0.5, 0.6) is 0 Å². The predicted molar refractivity (Wildman–Crippen MR) is 90.0 cm³/mol. The number of rotatable bonds is 1. The molecule has 0 aliphatic carbocycles.